The van der Waals surface area contributed by atoms with Gasteiger partial charge in [0.05, 0.1) is 7.11 Å². The number of allylic oxidation sites excluding steroid dienone is 1. The van der Waals surface area contributed by atoms with E-state index in [9.17, 15) is 5.11 Å². The summed E-state index contributed by atoms with van der Waals surface area (Å²) in [6.07, 6.45) is 2.60. The van der Waals surface area contributed by atoms with Gasteiger partial charge in [0.1, 0.15) is 0 Å². The van der Waals surface area contributed by atoms with Gasteiger partial charge in [-0.15, -0.1) is 6.58 Å². The van der Waals surface area contributed by atoms with Gasteiger partial charge in [0, 0.05) is 0 Å². The topological polar surface area (TPSA) is 66.8 Å². The van der Waals surface area contributed by atoms with E-state index < -0.39 is 0 Å². The van der Waals surface area contributed by atoms with Gasteiger partial charge in [-0.3, -0.25) is 4.79 Å². The summed E-state index contributed by atoms with van der Waals surface area (Å²) in [6, 6.07) is 5.27. The van der Waals surface area contributed by atoms with Crippen LogP contribution in [0.1, 0.15) is 5.56 Å². The largest absolute Gasteiger partial charge is 0.504 e. The van der Waals surface area contributed by atoms with Gasteiger partial charge in [-0.25, -0.2) is 0 Å². The number of rotatable bonds is 3. The molecule has 0 amide bonds. The number of methoxy groups -OCH3 is 1. The molecular weight excluding hydrogens is 196 g/mol. The Kier molecular flexibility index (Phi) is 6.46. The molecule has 0 aliphatic rings. The zero-order chi connectivity index (χ0) is 11.7. The third-order valence-corrected chi connectivity index (χ3v) is 1.62. The second-order valence-electron chi connectivity index (χ2n) is 2.60. The smallest absolute Gasteiger partial charge is 0.290 e. The highest BCUT2D eigenvalue weighted by molar-refractivity contribution is 5.42. The summed E-state index contributed by atoms with van der Waals surface area (Å²) in [6.45, 7) is 3.38. The van der Waals surface area contributed by atoms with Crippen LogP contribution in [0.15, 0.2) is 30.9 Å². The number of ether oxygens (including phenoxy) is 1. The first-order chi connectivity index (χ1) is 7.19. The monoisotopic (exact) mass is 210 g/mol. The summed E-state index contributed by atoms with van der Waals surface area (Å²) in [7, 11) is 1.53. The van der Waals surface area contributed by atoms with Crippen LogP contribution in [0.2, 0.25) is 0 Å². The summed E-state index contributed by atoms with van der Waals surface area (Å²) in [5.74, 6) is 0.680. The zero-order valence-corrected chi connectivity index (χ0v) is 8.51. The molecule has 0 fully saturated rings. The lowest BCUT2D eigenvalue weighted by Gasteiger charge is -2.04. The lowest BCUT2D eigenvalue weighted by molar-refractivity contribution is -0.122. The number of aromatic hydroxyl groups is 1. The highest BCUT2D eigenvalue weighted by Crippen LogP contribution is 2.26. The van der Waals surface area contributed by atoms with Crippen molar-refractivity contribution < 1.29 is 19.7 Å². The van der Waals surface area contributed by atoms with Gasteiger partial charge in [-0.05, 0) is 24.1 Å². The van der Waals surface area contributed by atoms with E-state index in [4.69, 9.17) is 14.6 Å². The van der Waals surface area contributed by atoms with Crippen molar-refractivity contribution >= 4 is 6.47 Å². The van der Waals surface area contributed by atoms with Gasteiger partial charge in [-0.1, -0.05) is 12.1 Å². The summed E-state index contributed by atoms with van der Waals surface area (Å²) in [5.41, 5.74) is 1.08. The van der Waals surface area contributed by atoms with Crippen LogP contribution in [0.25, 0.3) is 0 Å². The van der Waals surface area contributed by atoms with Gasteiger partial charge >= 0.3 is 0 Å². The van der Waals surface area contributed by atoms with Crippen molar-refractivity contribution in [2.75, 3.05) is 7.11 Å². The fourth-order valence-electron chi connectivity index (χ4n) is 1.02. The molecule has 4 heteroatoms. The van der Waals surface area contributed by atoms with Crippen LogP contribution >= 0.6 is 0 Å². The molecule has 0 spiro atoms. The van der Waals surface area contributed by atoms with Gasteiger partial charge in [0.2, 0.25) is 0 Å². The van der Waals surface area contributed by atoms with Crippen molar-refractivity contribution in [3.05, 3.63) is 36.4 Å². The van der Waals surface area contributed by atoms with Crippen LogP contribution in [-0.2, 0) is 11.2 Å². The number of carboxylic acid groups (broad SMARTS) is 1. The molecule has 0 radical (unpaired) electrons. The molecule has 2 N–H and O–H groups in total. The first-order valence-corrected chi connectivity index (χ1v) is 4.24. The minimum Gasteiger partial charge on any atom is -0.504 e. The van der Waals surface area contributed by atoms with Crippen molar-refractivity contribution in [3.63, 3.8) is 0 Å². The summed E-state index contributed by atoms with van der Waals surface area (Å²) < 4.78 is 4.95. The highest BCUT2D eigenvalue weighted by atomic mass is 16.5. The van der Waals surface area contributed by atoms with E-state index in [-0.39, 0.29) is 12.2 Å². The third-order valence-electron chi connectivity index (χ3n) is 1.62. The number of hydrogen-bond acceptors (Lipinski definition) is 3. The molecule has 0 saturated carbocycles. The lowest BCUT2D eigenvalue weighted by atomic mass is 10.1. The van der Waals surface area contributed by atoms with E-state index in [2.05, 4.69) is 6.58 Å². The predicted octanol–water partition coefficient (Wildman–Crippen LogP) is 1.83. The molecule has 0 aliphatic carbocycles. The summed E-state index contributed by atoms with van der Waals surface area (Å²) in [4.78, 5) is 8.36. The molecule has 1 aromatic rings. The Bertz CT molecular complexity index is 320. The molecule has 0 bridgehead atoms. The van der Waals surface area contributed by atoms with Gasteiger partial charge in [0.15, 0.2) is 11.5 Å². The number of hydrogen-bond donors (Lipinski definition) is 2. The molecule has 0 atom stereocenters. The van der Waals surface area contributed by atoms with E-state index in [1.165, 1.54) is 7.11 Å². The first kappa shape index (κ1) is 13.0. The fourth-order valence-corrected chi connectivity index (χ4v) is 1.02. The summed E-state index contributed by atoms with van der Waals surface area (Å²) >= 11 is 0. The molecule has 0 heterocycles. The Hall–Kier alpha value is -1.97. The molecule has 0 aliphatic heterocycles. The number of phenols is 1. The zero-order valence-electron chi connectivity index (χ0n) is 8.51. The number of carbonyl (C=O) groups is 1. The quantitative estimate of drug-likeness (QED) is 0.590. The molecular formula is C11H14O4. The Morgan fingerprint density at radius 2 is 2.13 bits per heavy atom. The second kappa shape index (κ2) is 7.44. The van der Waals surface area contributed by atoms with Crippen LogP contribution in [0.5, 0.6) is 11.5 Å². The normalized spacial score (nSPS) is 8.33. The average molecular weight is 210 g/mol. The predicted molar refractivity (Wildman–Crippen MR) is 57.3 cm³/mol. The molecule has 82 valence electrons. The van der Waals surface area contributed by atoms with Gasteiger partial charge < -0.3 is 14.9 Å². The van der Waals surface area contributed by atoms with Crippen molar-refractivity contribution in [1.29, 1.82) is 0 Å². The van der Waals surface area contributed by atoms with Crippen molar-refractivity contribution in [3.8, 4) is 11.5 Å². The maximum Gasteiger partial charge on any atom is 0.290 e. The van der Waals surface area contributed by atoms with Crippen LogP contribution in [0, 0.1) is 0 Å². The number of phenolic OH excluding ortho intramolecular Hbond substituents is 1. The minimum absolute atomic E-state index is 0.172. The average Bonchev–Trinajstić information content (AvgIpc) is 2.22. The standard InChI is InChI=1S/C10H12O2.CH2O2/c1-3-4-8-5-6-9(11)10(7-8)12-2;2-1-3/h3,5-7,11H,1,4H2,2H3;1H,(H,2,3). The third kappa shape index (κ3) is 4.71. The molecule has 0 saturated heterocycles. The van der Waals surface area contributed by atoms with Crippen molar-refractivity contribution in [2.45, 2.75) is 6.42 Å². The van der Waals surface area contributed by atoms with Gasteiger partial charge in [0.25, 0.3) is 6.47 Å². The first-order valence-electron chi connectivity index (χ1n) is 4.24. The van der Waals surface area contributed by atoms with E-state index in [1.807, 2.05) is 12.1 Å². The SMILES string of the molecule is C=CCc1ccc(O)c(OC)c1.O=CO. The van der Waals surface area contributed by atoms with Crippen LogP contribution in [0.3, 0.4) is 0 Å². The molecule has 4 nitrogen and oxygen atoms in total. The maximum absolute atomic E-state index is 9.25. The molecule has 15 heavy (non-hydrogen) atoms. The molecule has 1 rings (SSSR count). The molecule has 1 aromatic carbocycles. The van der Waals surface area contributed by atoms with Crippen LogP contribution in [0.4, 0.5) is 0 Å². The lowest BCUT2D eigenvalue weighted by Crippen LogP contribution is -1.86. The highest BCUT2D eigenvalue weighted by Gasteiger charge is 2.00. The molecule has 0 aromatic heterocycles. The van der Waals surface area contributed by atoms with Gasteiger partial charge in [-0.2, -0.15) is 0 Å². The van der Waals surface area contributed by atoms with E-state index in [1.54, 1.807) is 12.1 Å². The summed E-state index contributed by atoms with van der Waals surface area (Å²) in [5, 5.41) is 16.1. The second-order valence-corrected chi connectivity index (χ2v) is 2.60. The Labute approximate surface area is 88.4 Å². The van der Waals surface area contributed by atoms with Crippen LogP contribution < -0.4 is 4.74 Å². The van der Waals surface area contributed by atoms with E-state index >= 15 is 0 Å². The Balaban J connectivity index is 0.000000583. The minimum atomic E-state index is -0.250. The fraction of sp³-hybridized carbons (Fsp3) is 0.182. The Morgan fingerprint density at radius 3 is 2.60 bits per heavy atom. The maximum atomic E-state index is 9.25. The Morgan fingerprint density at radius 1 is 1.53 bits per heavy atom. The van der Waals surface area contributed by atoms with Crippen molar-refractivity contribution in [1.82, 2.24) is 0 Å². The van der Waals surface area contributed by atoms with Crippen LogP contribution in [-0.4, -0.2) is 23.8 Å². The van der Waals surface area contributed by atoms with Crippen molar-refractivity contribution in [2.24, 2.45) is 0 Å². The molecule has 0 unspecified atom stereocenters. The van der Waals surface area contributed by atoms with E-state index in [0.29, 0.717) is 5.75 Å². The number of benzene rings is 1. The van der Waals surface area contributed by atoms with E-state index in [0.717, 1.165) is 12.0 Å².